The average Bonchev–Trinajstić information content (AvgIpc) is 3.26. The Labute approximate surface area is 213 Å². The first-order chi connectivity index (χ1) is 16.4. The molecule has 0 aliphatic heterocycles. The van der Waals surface area contributed by atoms with Gasteiger partial charge < -0.3 is 5.32 Å². The van der Waals surface area contributed by atoms with Crippen LogP contribution in [0, 0.1) is 0 Å². The van der Waals surface area contributed by atoms with Crippen molar-refractivity contribution in [2.24, 2.45) is 5.10 Å². The second-order valence-electron chi connectivity index (χ2n) is 7.00. The van der Waals surface area contributed by atoms with Gasteiger partial charge in [-0.25, -0.2) is 10.1 Å². The highest BCUT2D eigenvalue weighted by Gasteiger charge is 2.16. The summed E-state index contributed by atoms with van der Waals surface area (Å²) in [5.74, 6) is -1.90. The minimum absolute atomic E-state index is 0.222. The molecule has 0 unspecified atom stereocenters. The van der Waals surface area contributed by atoms with Gasteiger partial charge in [0.1, 0.15) is 5.69 Å². The van der Waals surface area contributed by atoms with Crippen LogP contribution < -0.4 is 10.7 Å². The molecular formula is C24H16BrCl2N5O2. The fraction of sp³-hybridized carbons (Fsp3) is 0. The SMILES string of the molecule is O=C(N/N=C/c1cn(-c2ccccc2)nc1-c1ccc(Br)cc1)C(=O)Nc1cc(Cl)ccc1Cl. The van der Waals surface area contributed by atoms with E-state index in [1.165, 1.54) is 18.3 Å². The fourth-order valence-electron chi connectivity index (χ4n) is 3.01. The van der Waals surface area contributed by atoms with Crippen molar-refractivity contribution in [3.05, 3.63) is 99.1 Å². The lowest BCUT2D eigenvalue weighted by atomic mass is 10.1. The molecule has 0 fully saturated rings. The molecule has 4 aromatic rings. The molecule has 34 heavy (non-hydrogen) atoms. The highest BCUT2D eigenvalue weighted by atomic mass is 79.9. The van der Waals surface area contributed by atoms with Crippen LogP contribution in [0.1, 0.15) is 5.56 Å². The van der Waals surface area contributed by atoms with Crippen LogP contribution in [0.25, 0.3) is 16.9 Å². The Hall–Kier alpha value is -3.46. The van der Waals surface area contributed by atoms with Gasteiger partial charge in [-0.05, 0) is 42.5 Å². The Bertz CT molecular complexity index is 1370. The van der Waals surface area contributed by atoms with Crippen molar-refractivity contribution < 1.29 is 9.59 Å². The standard InChI is InChI=1S/C24H16BrCl2N5O2/c25-17-8-6-15(7-9-17)22-16(14-32(31-22)19-4-2-1-3-5-19)13-28-30-24(34)23(33)29-21-12-18(26)10-11-20(21)27/h1-14H,(H,29,33)(H,30,34)/b28-13+. The number of hydrogen-bond donors (Lipinski definition) is 2. The van der Waals surface area contributed by atoms with Gasteiger partial charge in [0.25, 0.3) is 0 Å². The second-order valence-corrected chi connectivity index (χ2v) is 8.76. The fourth-order valence-corrected chi connectivity index (χ4v) is 3.61. The highest BCUT2D eigenvalue weighted by molar-refractivity contribution is 9.10. The van der Waals surface area contributed by atoms with E-state index in [4.69, 9.17) is 23.2 Å². The molecular weight excluding hydrogens is 541 g/mol. The summed E-state index contributed by atoms with van der Waals surface area (Å²) in [6, 6.07) is 21.8. The number of nitrogens with zero attached hydrogens (tertiary/aromatic N) is 3. The summed E-state index contributed by atoms with van der Waals surface area (Å²) in [5, 5.41) is 11.7. The van der Waals surface area contributed by atoms with E-state index in [2.05, 4.69) is 36.9 Å². The monoisotopic (exact) mass is 555 g/mol. The number of para-hydroxylation sites is 1. The lowest BCUT2D eigenvalue weighted by Crippen LogP contribution is -2.32. The summed E-state index contributed by atoms with van der Waals surface area (Å²) in [5.41, 5.74) is 5.47. The van der Waals surface area contributed by atoms with Gasteiger partial charge in [0.05, 0.1) is 22.6 Å². The first-order valence-corrected chi connectivity index (χ1v) is 11.5. The molecule has 7 nitrogen and oxygen atoms in total. The molecule has 3 aromatic carbocycles. The van der Waals surface area contributed by atoms with E-state index >= 15 is 0 Å². The zero-order valence-corrected chi connectivity index (χ0v) is 20.5. The maximum atomic E-state index is 12.2. The summed E-state index contributed by atoms with van der Waals surface area (Å²) in [7, 11) is 0. The first-order valence-electron chi connectivity index (χ1n) is 9.91. The van der Waals surface area contributed by atoms with Gasteiger partial charge in [-0.3, -0.25) is 9.59 Å². The van der Waals surface area contributed by atoms with E-state index < -0.39 is 11.8 Å². The van der Waals surface area contributed by atoms with Gasteiger partial charge in [-0.2, -0.15) is 10.2 Å². The lowest BCUT2D eigenvalue weighted by molar-refractivity contribution is -0.136. The first kappa shape index (κ1) is 23.7. The Morgan fingerprint density at radius 2 is 1.71 bits per heavy atom. The third kappa shape index (κ3) is 5.72. The number of nitrogens with one attached hydrogen (secondary N) is 2. The molecule has 0 saturated carbocycles. The van der Waals surface area contributed by atoms with Crippen molar-refractivity contribution in [3.63, 3.8) is 0 Å². The molecule has 4 rings (SSSR count). The summed E-state index contributed by atoms with van der Waals surface area (Å²) >= 11 is 15.4. The molecule has 1 aromatic heterocycles. The molecule has 170 valence electrons. The molecule has 0 saturated heterocycles. The Morgan fingerprint density at radius 3 is 2.44 bits per heavy atom. The molecule has 1 heterocycles. The summed E-state index contributed by atoms with van der Waals surface area (Å²) < 4.78 is 2.65. The van der Waals surface area contributed by atoms with Crippen LogP contribution in [-0.2, 0) is 9.59 Å². The summed E-state index contributed by atoms with van der Waals surface area (Å²) in [6.45, 7) is 0. The van der Waals surface area contributed by atoms with E-state index in [-0.39, 0.29) is 10.7 Å². The largest absolute Gasteiger partial charge is 0.329 e. The van der Waals surface area contributed by atoms with E-state index in [0.717, 1.165) is 15.7 Å². The number of benzene rings is 3. The predicted molar refractivity (Wildman–Crippen MR) is 138 cm³/mol. The van der Waals surface area contributed by atoms with Gasteiger partial charge in [0, 0.05) is 26.8 Å². The third-order valence-corrected chi connectivity index (χ3v) is 5.73. The maximum Gasteiger partial charge on any atom is 0.329 e. The Kier molecular flexibility index (Phi) is 7.42. The zero-order valence-electron chi connectivity index (χ0n) is 17.4. The van der Waals surface area contributed by atoms with Crippen molar-refractivity contribution >= 4 is 62.8 Å². The lowest BCUT2D eigenvalue weighted by Gasteiger charge is -2.06. The molecule has 0 aliphatic rings. The van der Waals surface area contributed by atoms with Crippen LogP contribution in [-0.4, -0.2) is 27.8 Å². The molecule has 10 heteroatoms. The number of aromatic nitrogens is 2. The van der Waals surface area contributed by atoms with Gasteiger partial charge in [0.2, 0.25) is 0 Å². The predicted octanol–water partition coefficient (Wildman–Crippen LogP) is 5.70. The van der Waals surface area contributed by atoms with Crippen molar-refractivity contribution in [1.82, 2.24) is 15.2 Å². The van der Waals surface area contributed by atoms with Crippen LogP contribution >= 0.6 is 39.1 Å². The maximum absolute atomic E-state index is 12.2. The van der Waals surface area contributed by atoms with Gasteiger partial charge >= 0.3 is 11.8 Å². The number of halogens is 3. The number of rotatable bonds is 5. The van der Waals surface area contributed by atoms with Crippen molar-refractivity contribution in [3.8, 4) is 16.9 Å². The van der Waals surface area contributed by atoms with E-state index in [9.17, 15) is 9.59 Å². The molecule has 0 aliphatic carbocycles. The highest BCUT2D eigenvalue weighted by Crippen LogP contribution is 2.26. The van der Waals surface area contributed by atoms with Crippen molar-refractivity contribution in [1.29, 1.82) is 0 Å². The average molecular weight is 557 g/mol. The number of carbonyl (C=O) groups excluding carboxylic acids is 2. The topological polar surface area (TPSA) is 88.4 Å². The molecule has 0 bridgehead atoms. The summed E-state index contributed by atoms with van der Waals surface area (Å²) in [4.78, 5) is 24.4. The second kappa shape index (κ2) is 10.6. The minimum Gasteiger partial charge on any atom is -0.316 e. The number of amides is 2. The van der Waals surface area contributed by atoms with E-state index in [1.807, 2.05) is 54.6 Å². The van der Waals surface area contributed by atoms with Crippen LogP contribution in [0.3, 0.4) is 0 Å². The zero-order chi connectivity index (χ0) is 24.1. The Balaban J connectivity index is 1.54. The van der Waals surface area contributed by atoms with E-state index in [0.29, 0.717) is 16.3 Å². The van der Waals surface area contributed by atoms with Crippen LogP contribution in [0.5, 0.6) is 0 Å². The normalized spacial score (nSPS) is 10.9. The molecule has 2 amide bonds. The van der Waals surface area contributed by atoms with Crippen molar-refractivity contribution in [2.45, 2.75) is 0 Å². The number of anilines is 1. The van der Waals surface area contributed by atoms with Crippen LogP contribution in [0.2, 0.25) is 10.0 Å². The van der Waals surface area contributed by atoms with Crippen LogP contribution in [0.15, 0.2) is 88.6 Å². The summed E-state index contributed by atoms with van der Waals surface area (Å²) in [6.07, 6.45) is 3.22. The molecule has 2 N–H and O–H groups in total. The third-order valence-electron chi connectivity index (χ3n) is 4.63. The van der Waals surface area contributed by atoms with Crippen molar-refractivity contribution in [2.75, 3.05) is 5.32 Å². The molecule has 0 radical (unpaired) electrons. The number of hydrazone groups is 1. The van der Waals surface area contributed by atoms with Gasteiger partial charge in [-0.15, -0.1) is 0 Å². The number of hydrogen-bond acceptors (Lipinski definition) is 4. The number of carbonyl (C=O) groups is 2. The van der Waals surface area contributed by atoms with Crippen LogP contribution in [0.4, 0.5) is 5.69 Å². The quantitative estimate of drug-likeness (QED) is 0.188. The minimum atomic E-state index is -0.965. The molecule has 0 spiro atoms. The van der Waals surface area contributed by atoms with E-state index in [1.54, 1.807) is 16.9 Å². The van der Waals surface area contributed by atoms with Gasteiger partial charge in [0.15, 0.2) is 0 Å². The van der Waals surface area contributed by atoms with Gasteiger partial charge in [-0.1, -0.05) is 69.5 Å². The molecule has 0 atom stereocenters. The smallest absolute Gasteiger partial charge is 0.316 e. The Morgan fingerprint density at radius 1 is 0.971 bits per heavy atom.